The molecule has 0 bridgehead atoms. The summed E-state index contributed by atoms with van der Waals surface area (Å²) in [5, 5.41) is 12.6. The topological polar surface area (TPSA) is 75.3 Å². The molecule has 0 saturated carbocycles. The zero-order chi connectivity index (χ0) is 15.6. The van der Waals surface area contributed by atoms with E-state index in [0.29, 0.717) is 5.02 Å². The van der Waals surface area contributed by atoms with Crippen LogP contribution in [0.15, 0.2) is 36.4 Å². The third-order valence-corrected chi connectivity index (χ3v) is 3.36. The van der Waals surface area contributed by atoms with Crippen LogP contribution in [0.3, 0.4) is 0 Å². The molecule has 4 nitrogen and oxygen atoms in total. The van der Waals surface area contributed by atoms with Gasteiger partial charge in [-0.1, -0.05) is 23.7 Å². The smallest absolute Gasteiger partial charge is 0.337 e. The van der Waals surface area contributed by atoms with E-state index in [0.717, 1.165) is 11.6 Å². The number of rotatable bonds is 4. The summed E-state index contributed by atoms with van der Waals surface area (Å²) in [6.07, 6.45) is 0. The van der Waals surface area contributed by atoms with Crippen LogP contribution >= 0.6 is 11.6 Å². The second-order valence-electron chi connectivity index (χ2n) is 4.64. The van der Waals surface area contributed by atoms with E-state index in [-0.39, 0.29) is 23.0 Å². The van der Waals surface area contributed by atoms with Gasteiger partial charge in [0.25, 0.3) is 0 Å². The second kappa shape index (κ2) is 6.01. The number of hydrogen-bond donors (Lipinski definition) is 3. The lowest BCUT2D eigenvalue weighted by molar-refractivity contribution is 0.0698. The van der Waals surface area contributed by atoms with Crippen molar-refractivity contribution < 1.29 is 14.3 Å². The summed E-state index contributed by atoms with van der Waals surface area (Å²) in [4.78, 5) is 11.0. The maximum atomic E-state index is 13.9. The molecule has 0 aromatic heterocycles. The number of halogens is 2. The zero-order valence-electron chi connectivity index (χ0n) is 11.2. The monoisotopic (exact) mass is 308 g/mol. The summed E-state index contributed by atoms with van der Waals surface area (Å²) < 4.78 is 13.9. The Morgan fingerprint density at radius 2 is 1.95 bits per heavy atom. The van der Waals surface area contributed by atoms with Gasteiger partial charge in [0.2, 0.25) is 0 Å². The number of benzene rings is 2. The lowest BCUT2D eigenvalue weighted by Gasteiger charge is -2.17. The van der Waals surface area contributed by atoms with E-state index in [4.69, 9.17) is 22.4 Å². The fourth-order valence-electron chi connectivity index (χ4n) is 1.95. The average Bonchev–Trinajstić information content (AvgIpc) is 2.42. The average molecular weight is 309 g/mol. The molecule has 0 fully saturated rings. The van der Waals surface area contributed by atoms with Gasteiger partial charge in [-0.15, -0.1) is 0 Å². The van der Waals surface area contributed by atoms with Gasteiger partial charge in [-0.05, 0) is 36.8 Å². The van der Waals surface area contributed by atoms with Gasteiger partial charge >= 0.3 is 5.97 Å². The minimum absolute atomic E-state index is 0.0871. The molecule has 110 valence electrons. The first kappa shape index (κ1) is 15.1. The molecule has 0 heterocycles. The molecule has 1 unspecified atom stereocenters. The van der Waals surface area contributed by atoms with Crippen molar-refractivity contribution in [2.24, 2.45) is 0 Å². The van der Waals surface area contributed by atoms with Gasteiger partial charge in [0.05, 0.1) is 11.3 Å². The molecule has 1 atom stereocenters. The van der Waals surface area contributed by atoms with E-state index in [2.05, 4.69) is 5.32 Å². The van der Waals surface area contributed by atoms with E-state index >= 15 is 0 Å². The van der Waals surface area contributed by atoms with Crippen LogP contribution in [0.25, 0.3) is 0 Å². The van der Waals surface area contributed by atoms with Crippen LogP contribution in [-0.2, 0) is 0 Å². The van der Waals surface area contributed by atoms with Crippen LogP contribution in [0.1, 0.15) is 28.9 Å². The SMILES string of the molecule is CC(Nc1cc(C(=O)O)c(N)cc1F)c1ccc(Cl)cc1. The molecule has 2 rings (SSSR count). The van der Waals surface area contributed by atoms with Crippen molar-refractivity contribution in [3.63, 3.8) is 0 Å². The highest BCUT2D eigenvalue weighted by Gasteiger charge is 2.15. The molecule has 2 aromatic carbocycles. The molecule has 2 aromatic rings. The van der Waals surface area contributed by atoms with Crippen molar-refractivity contribution in [3.8, 4) is 0 Å². The minimum Gasteiger partial charge on any atom is -0.478 e. The van der Waals surface area contributed by atoms with Gasteiger partial charge in [-0.2, -0.15) is 0 Å². The predicted octanol–water partition coefficient (Wildman–Crippen LogP) is 3.93. The molecule has 0 aliphatic carbocycles. The molecule has 0 aliphatic heterocycles. The molecular weight excluding hydrogens is 295 g/mol. The maximum Gasteiger partial charge on any atom is 0.337 e. The Labute approximate surface area is 126 Å². The fraction of sp³-hybridized carbons (Fsp3) is 0.133. The molecule has 0 amide bonds. The van der Waals surface area contributed by atoms with Crippen molar-refractivity contribution in [1.29, 1.82) is 0 Å². The van der Waals surface area contributed by atoms with Crippen LogP contribution in [0, 0.1) is 5.82 Å². The van der Waals surface area contributed by atoms with Crippen LogP contribution in [0.5, 0.6) is 0 Å². The van der Waals surface area contributed by atoms with Gasteiger partial charge < -0.3 is 16.2 Å². The number of carbonyl (C=O) groups is 1. The lowest BCUT2D eigenvalue weighted by Crippen LogP contribution is -2.10. The van der Waals surface area contributed by atoms with Gasteiger partial charge in [0.1, 0.15) is 5.82 Å². The fourth-order valence-corrected chi connectivity index (χ4v) is 2.08. The van der Waals surface area contributed by atoms with Gasteiger partial charge in [-0.25, -0.2) is 9.18 Å². The highest BCUT2D eigenvalue weighted by atomic mass is 35.5. The van der Waals surface area contributed by atoms with Crippen LogP contribution in [-0.4, -0.2) is 11.1 Å². The zero-order valence-corrected chi connectivity index (χ0v) is 12.0. The number of carboxylic acids is 1. The summed E-state index contributed by atoms with van der Waals surface area (Å²) in [6, 6.07) is 9.07. The minimum atomic E-state index is -1.20. The number of carboxylic acid groups (broad SMARTS) is 1. The summed E-state index contributed by atoms with van der Waals surface area (Å²) in [5.41, 5.74) is 6.23. The molecule has 0 spiro atoms. The number of nitrogens with two attached hydrogens (primary N) is 1. The van der Waals surface area contributed by atoms with E-state index in [9.17, 15) is 9.18 Å². The Bertz CT molecular complexity index is 674. The highest BCUT2D eigenvalue weighted by Crippen LogP contribution is 2.26. The first-order valence-electron chi connectivity index (χ1n) is 6.23. The van der Waals surface area contributed by atoms with Crippen LogP contribution in [0.4, 0.5) is 15.8 Å². The van der Waals surface area contributed by atoms with E-state index in [1.165, 1.54) is 6.07 Å². The molecular formula is C15H14ClFN2O2. The number of hydrogen-bond acceptors (Lipinski definition) is 3. The second-order valence-corrected chi connectivity index (χ2v) is 5.08. The standard InChI is InChI=1S/C15H14ClFN2O2/c1-8(9-2-4-10(16)5-3-9)19-14-6-11(15(20)21)13(18)7-12(14)17/h2-8,19H,18H2,1H3,(H,20,21). The van der Waals surface area contributed by atoms with E-state index in [1.807, 2.05) is 19.1 Å². The number of aromatic carboxylic acids is 1. The quantitative estimate of drug-likeness (QED) is 0.748. The Morgan fingerprint density at radius 1 is 1.33 bits per heavy atom. The van der Waals surface area contributed by atoms with Gasteiger partial charge in [-0.3, -0.25) is 0 Å². The van der Waals surface area contributed by atoms with E-state index < -0.39 is 11.8 Å². The number of nitrogen functional groups attached to an aromatic ring is 1. The molecule has 0 saturated heterocycles. The maximum absolute atomic E-state index is 13.9. The highest BCUT2D eigenvalue weighted by molar-refractivity contribution is 6.30. The Hall–Kier alpha value is -2.27. The van der Waals surface area contributed by atoms with Crippen molar-refractivity contribution in [2.75, 3.05) is 11.1 Å². The van der Waals surface area contributed by atoms with E-state index in [1.54, 1.807) is 12.1 Å². The van der Waals surface area contributed by atoms with Crippen molar-refractivity contribution in [3.05, 3.63) is 58.4 Å². The summed E-state index contributed by atoms with van der Waals surface area (Å²) in [5.74, 6) is -1.80. The Morgan fingerprint density at radius 3 is 2.52 bits per heavy atom. The first-order chi connectivity index (χ1) is 9.88. The van der Waals surface area contributed by atoms with Gasteiger partial charge in [0.15, 0.2) is 0 Å². The Balaban J connectivity index is 2.28. The lowest BCUT2D eigenvalue weighted by atomic mass is 10.1. The molecule has 6 heteroatoms. The summed E-state index contributed by atoms with van der Waals surface area (Å²) in [7, 11) is 0. The third kappa shape index (κ3) is 3.44. The van der Waals surface area contributed by atoms with Gasteiger partial charge in [0, 0.05) is 16.8 Å². The van der Waals surface area contributed by atoms with Crippen molar-refractivity contribution >= 4 is 28.9 Å². The first-order valence-corrected chi connectivity index (χ1v) is 6.60. The van der Waals surface area contributed by atoms with Crippen LogP contribution < -0.4 is 11.1 Å². The molecule has 21 heavy (non-hydrogen) atoms. The normalized spacial score (nSPS) is 12.0. The molecule has 4 N–H and O–H groups in total. The number of nitrogens with one attached hydrogen (secondary N) is 1. The Kier molecular flexibility index (Phi) is 4.33. The summed E-state index contributed by atoms with van der Waals surface area (Å²) >= 11 is 5.82. The molecule has 0 radical (unpaired) electrons. The van der Waals surface area contributed by atoms with Crippen molar-refractivity contribution in [2.45, 2.75) is 13.0 Å². The third-order valence-electron chi connectivity index (χ3n) is 3.11. The largest absolute Gasteiger partial charge is 0.478 e. The number of anilines is 2. The van der Waals surface area contributed by atoms with Crippen molar-refractivity contribution in [1.82, 2.24) is 0 Å². The summed E-state index contributed by atoms with van der Waals surface area (Å²) in [6.45, 7) is 1.83. The molecule has 0 aliphatic rings. The van der Waals surface area contributed by atoms with Crippen LogP contribution in [0.2, 0.25) is 5.02 Å². The predicted molar refractivity (Wildman–Crippen MR) is 81.3 cm³/mol.